The summed E-state index contributed by atoms with van der Waals surface area (Å²) < 4.78 is 0. The number of benzene rings is 1. The molecule has 1 aromatic heterocycles. The predicted molar refractivity (Wildman–Crippen MR) is 85.4 cm³/mol. The van der Waals surface area contributed by atoms with Gasteiger partial charge in [0.15, 0.2) is 0 Å². The summed E-state index contributed by atoms with van der Waals surface area (Å²) in [5.41, 5.74) is 6.43. The van der Waals surface area contributed by atoms with Crippen molar-refractivity contribution in [3.8, 4) is 0 Å². The molecule has 0 unspecified atom stereocenters. The van der Waals surface area contributed by atoms with Crippen LogP contribution in [0, 0.1) is 0 Å². The van der Waals surface area contributed by atoms with Crippen LogP contribution in [0.25, 0.3) is 0 Å². The van der Waals surface area contributed by atoms with E-state index >= 15 is 0 Å². The van der Waals surface area contributed by atoms with Gasteiger partial charge in [-0.3, -0.25) is 0 Å². The van der Waals surface area contributed by atoms with Crippen molar-refractivity contribution in [2.24, 2.45) is 0 Å². The van der Waals surface area contributed by atoms with E-state index in [1.54, 1.807) is 18.2 Å². The Bertz CT molecular complexity index is 657. The summed E-state index contributed by atoms with van der Waals surface area (Å²) in [5, 5.41) is 4.10. The van der Waals surface area contributed by atoms with E-state index in [1.807, 2.05) is 0 Å². The third kappa shape index (κ3) is 3.28. The molecule has 1 aromatic carbocycles. The molecular weight excluding hydrogens is 311 g/mol. The average molecular weight is 325 g/mol. The molecule has 0 aliphatic carbocycles. The Kier molecular flexibility index (Phi) is 3.98. The number of halogens is 2. The monoisotopic (exact) mass is 324 g/mol. The van der Waals surface area contributed by atoms with Gasteiger partial charge in [-0.25, -0.2) is 0 Å². The van der Waals surface area contributed by atoms with Crippen molar-refractivity contribution in [1.29, 1.82) is 0 Å². The zero-order valence-corrected chi connectivity index (χ0v) is 12.7. The standard InChI is InChI=1S/C13H14Cl2N6/c14-8-3-4-10(9(15)7-8)17-12-18-11(16)19-13(20-12)21-5-1-2-6-21/h3-4,7H,1-2,5-6H2,(H3,16,17,18,19,20). The van der Waals surface area contributed by atoms with Crippen LogP contribution in [0.3, 0.4) is 0 Å². The second-order valence-electron chi connectivity index (χ2n) is 4.76. The highest BCUT2D eigenvalue weighted by Gasteiger charge is 2.17. The van der Waals surface area contributed by atoms with Crippen LogP contribution in [0.2, 0.25) is 10.0 Å². The van der Waals surface area contributed by atoms with Crippen LogP contribution in [0.15, 0.2) is 18.2 Å². The van der Waals surface area contributed by atoms with Crippen LogP contribution in [0.4, 0.5) is 23.5 Å². The molecule has 1 fully saturated rings. The normalized spacial score (nSPS) is 14.5. The highest BCUT2D eigenvalue weighted by atomic mass is 35.5. The highest BCUT2D eigenvalue weighted by Crippen LogP contribution is 2.28. The quantitative estimate of drug-likeness (QED) is 0.903. The molecule has 110 valence electrons. The summed E-state index contributed by atoms with van der Waals surface area (Å²) in [6, 6.07) is 5.15. The molecule has 0 radical (unpaired) electrons. The Morgan fingerprint density at radius 2 is 1.86 bits per heavy atom. The number of anilines is 4. The molecular formula is C13H14Cl2N6. The van der Waals surface area contributed by atoms with Gasteiger partial charge in [0.05, 0.1) is 10.7 Å². The number of nitrogens with zero attached hydrogens (tertiary/aromatic N) is 4. The van der Waals surface area contributed by atoms with Gasteiger partial charge >= 0.3 is 0 Å². The summed E-state index contributed by atoms with van der Waals surface area (Å²) in [6.45, 7) is 1.87. The summed E-state index contributed by atoms with van der Waals surface area (Å²) >= 11 is 12.0. The first-order valence-corrected chi connectivity index (χ1v) is 7.36. The van der Waals surface area contributed by atoms with Gasteiger partial charge in [-0.15, -0.1) is 0 Å². The molecule has 8 heteroatoms. The van der Waals surface area contributed by atoms with E-state index < -0.39 is 0 Å². The van der Waals surface area contributed by atoms with E-state index in [-0.39, 0.29) is 5.95 Å². The lowest BCUT2D eigenvalue weighted by Gasteiger charge is -2.16. The number of nitrogens with one attached hydrogen (secondary N) is 1. The number of nitrogens with two attached hydrogens (primary N) is 1. The molecule has 3 rings (SSSR count). The van der Waals surface area contributed by atoms with E-state index in [9.17, 15) is 0 Å². The molecule has 0 atom stereocenters. The van der Waals surface area contributed by atoms with Crippen LogP contribution in [-0.2, 0) is 0 Å². The minimum Gasteiger partial charge on any atom is -0.368 e. The van der Waals surface area contributed by atoms with Crippen molar-refractivity contribution in [3.63, 3.8) is 0 Å². The first kappa shape index (κ1) is 14.2. The largest absolute Gasteiger partial charge is 0.368 e. The van der Waals surface area contributed by atoms with Crippen molar-refractivity contribution in [2.75, 3.05) is 29.0 Å². The topological polar surface area (TPSA) is 80.0 Å². The SMILES string of the molecule is Nc1nc(Nc2ccc(Cl)cc2Cl)nc(N2CCCC2)n1. The minimum atomic E-state index is 0.180. The molecule has 1 aliphatic rings. The van der Waals surface area contributed by atoms with Gasteiger partial charge in [0, 0.05) is 18.1 Å². The van der Waals surface area contributed by atoms with Crippen LogP contribution in [-0.4, -0.2) is 28.0 Å². The van der Waals surface area contributed by atoms with Gasteiger partial charge < -0.3 is 16.0 Å². The fraction of sp³-hybridized carbons (Fsp3) is 0.308. The molecule has 2 heterocycles. The summed E-state index contributed by atoms with van der Waals surface area (Å²) in [6.07, 6.45) is 2.27. The van der Waals surface area contributed by atoms with Gasteiger partial charge in [-0.2, -0.15) is 15.0 Å². The van der Waals surface area contributed by atoms with Crippen molar-refractivity contribution >= 4 is 46.7 Å². The maximum absolute atomic E-state index is 6.13. The third-order valence-corrected chi connectivity index (χ3v) is 3.76. The van der Waals surface area contributed by atoms with Crippen LogP contribution >= 0.6 is 23.2 Å². The zero-order valence-electron chi connectivity index (χ0n) is 11.2. The summed E-state index contributed by atoms with van der Waals surface area (Å²) in [5.74, 6) is 1.14. The average Bonchev–Trinajstić information content (AvgIpc) is 2.95. The van der Waals surface area contributed by atoms with Crippen molar-refractivity contribution in [2.45, 2.75) is 12.8 Å². The minimum absolute atomic E-state index is 0.180. The van der Waals surface area contributed by atoms with Gasteiger partial charge in [0.25, 0.3) is 0 Å². The highest BCUT2D eigenvalue weighted by molar-refractivity contribution is 6.36. The van der Waals surface area contributed by atoms with E-state index in [2.05, 4.69) is 25.2 Å². The van der Waals surface area contributed by atoms with E-state index in [0.29, 0.717) is 27.6 Å². The van der Waals surface area contributed by atoms with Gasteiger partial charge in [-0.05, 0) is 31.0 Å². The lowest BCUT2D eigenvalue weighted by atomic mass is 10.3. The zero-order chi connectivity index (χ0) is 14.8. The lowest BCUT2D eigenvalue weighted by molar-refractivity contribution is 0.887. The Morgan fingerprint density at radius 3 is 2.57 bits per heavy atom. The fourth-order valence-electron chi connectivity index (χ4n) is 2.21. The predicted octanol–water partition coefficient (Wildman–Crippen LogP) is 3.10. The Hall–Kier alpha value is -1.79. The second-order valence-corrected chi connectivity index (χ2v) is 5.60. The fourth-order valence-corrected chi connectivity index (χ4v) is 2.66. The first-order valence-electron chi connectivity index (χ1n) is 6.60. The number of rotatable bonds is 3. The molecule has 0 saturated carbocycles. The molecule has 0 bridgehead atoms. The van der Waals surface area contributed by atoms with Crippen LogP contribution in [0.1, 0.15) is 12.8 Å². The van der Waals surface area contributed by atoms with Crippen molar-refractivity contribution < 1.29 is 0 Å². The molecule has 3 N–H and O–H groups in total. The van der Waals surface area contributed by atoms with Gasteiger partial charge in [0.1, 0.15) is 0 Å². The summed E-state index contributed by atoms with van der Waals surface area (Å²) in [4.78, 5) is 14.8. The molecule has 0 amide bonds. The van der Waals surface area contributed by atoms with Crippen LogP contribution in [0.5, 0.6) is 0 Å². The van der Waals surface area contributed by atoms with Crippen LogP contribution < -0.4 is 16.0 Å². The summed E-state index contributed by atoms with van der Waals surface area (Å²) in [7, 11) is 0. The first-order chi connectivity index (χ1) is 10.1. The lowest BCUT2D eigenvalue weighted by Crippen LogP contribution is -2.21. The van der Waals surface area contributed by atoms with Gasteiger partial charge in [0.2, 0.25) is 17.8 Å². The van der Waals surface area contributed by atoms with E-state index in [0.717, 1.165) is 25.9 Å². The molecule has 21 heavy (non-hydrogen) atoms. The molecule has 2 aromatic rings. The smallest absolute Gasteiger partial charge is 0.233 e. The Labute approximate surface area is 132 Å². The molecule has 6 nitrogen and oxygen atoms in total. The maximum Gasteiger partial charge on any atom is 0.233 e. The van der Waals surface area contributed by atoms with Gasteiger partial charge in [-0.1, -0.05) is 23.2 Å². The molecule has 1 aliphatic heterocycles. The second kappa shape index (κ2) is 5.91. The Morgan fingerprint density at radius 1 is 1.10 bits per heavy atom. The number of hydrogen-bond acceptors (Lipinski definition) is 6. The van der Waals surface area contributed by atoms with E-state index in [1.165, 1.54) is 0 Å². The van der Waals surface area contributed by atoms with Crippen molar-refractivity contribution in [1.82, 2.24) is 15.0 Å². The van der Waals surface area contributed by atoms with E-state index in [4.69, 9.17) is 28.9 Å². The van der Waals surface area contributed by atoms with Crippen molar-refractivity contribution in [3.05, 3.63) is 28.2 Å². The number of aromatic nitrogens is 3. The number of hydrogen-bond donors (Lipinski definition) is 2. The number of nitrogen functional groups attached to an aromatic ring is 1. The molecule has 0 spiro atoms. The molecule has 1 saturated heterocycles. The Balaban J connectivity index is 1.87. The third-order valence-electron chi connectivity index (χ3n) is 3.21. The maximum atomic E-state index is 6.13.